The van der Waals surface area contributed by atoms with E-state index in [1.54, 1.807) is 23.0 Å². The van der Waals surface area contributed by atoms with Crippen molar-refractivity contribution in [1.29, 1.82) is 0 Å². The molecule has 2 aromatic heterocycles. The molecule has 2 heterocycles. The maximum Gasteiger partial charge on any atom is 0.250 e. The molecule has 118 valence electrons. The molecule has 3 aromatic rings. The largest absolute Gasteiger partial charge is 0.312 e. The highest BCUT2D eigenvalue weighted by Crippen LogP contribution is 2.16. The monoisotopic (exact) mass is 308 g/mol. The Bertz CT molecular complexity index is 892. The summed E-state index contributed by atoms with van der Waals surface area (Å²) in [5.74, 6) is 0.854. The fourth-order valence-corrected chi connectivity index (χ4v) is 2.80. The fraction of sp³-hybridized carbons (Fsp3) is 0.278. The number of aromatic nitrogens is 4. The van der Waals surface area contributed by atoms with Crippen molar-refractivity contribution >= 4 is 0 Å². The third-order valence-corrected chi connectivity index (χ3v) is 4.03. The van der Waals surface area contributed by atoms with Crippen LogP contribution in [0.3, 0.4) is 0 Å². The molecule has 0 saturated heterocycles. The molecule has 0 spiro atoms. The first-order valence-corrected chi connectivity index (χ1v) is 7.69. The molecule has 0 fully saturated rings. The summed E-state index contributed by atoms with van der Waals surface area (Å²) in [6.07, 6.45) is 2.22. The molecule has 3 rings (SSSR count). The van der Waals surface area contributed by atoms with E-state index in [4.69, 9.17) is 0 Å². The number of benzene rings is 1. The summed E-state index contributed by atoms with van der Waals surface area (Å²) in [7, 11) is 0. The third-order valence-electron chi connectivity index (χ3n) is 4.03. The highest BCUT2D eigenvalue weighted by molar-refractivity contribution is 5.42. The first-order chi connectivity index (χ1) is 11.1. The minimum absolute atomic E-state index is 0.0163. The predicted octanol–water partition coefficient (Wildman–Crippen LogP) is 2.60. The van der Waals surface area contributed by atoms with Gasteiger partial charge in [0, 0.05) is 24.7 Å². The summed E-state index contributed by atoms with van der Waals surface area (Å²) >= 11 is 0. The quantitative estimate of drug-likeness (QED) is 0.744. The molecule has 5 heteroatoms. The van der Waals surface area contributed by atoms with Gasteiger partial charge in [0.05, 0.1) is 5.69 Å². The van der Waals surface area contributed by atoms with E-state index >= 15 is 0 Å². The zero-order valence-corrected chi connectivity index (χ0v) is 13.7. The molecule has 0 amide bonds. The minimum atomic E-state index is 0.0163. The van der Waals surface area contributed by atoms with Crippen LogP contribution >= 0.6 is 0 Å². The molecular formula is C18H20N4O. The van der Waals surface area contributed by atoms with Gasteiger partial charge in [-0.3, -0.25) is 4.79 Å². The van der Waals surface area contributed by atoms with Crippen LogP contribution in [0.1, 0.15) is 22.6 Å². The van der Waals surface area contributed by atoms with Crippen molar-refractivity contribution in [3.8, 4) is 5.69 Å². The van der Waals surface area contributed by atoms with Gasteiger partial charge in [-0.2, -0.15) is 5.10 Å². The Morgan fingerprint density at radius 3 is 2.65 bits per heavy atom. The number of aryl methyl sites for hydroxylation is 4. The molecule has 0 unspecified atom stereocenters. The Morgan fingerprint density at radius 2 is 1.91 bits per heavy atom. The van der Waals surface area contributed by atoms with Gasteiger partial charge >= 0.3 is 0 Å². The first kappa shape index (κ1) is 15.2. The topological polar surface area (TPSA) is 52.7 Å². The normalized spacial score (nSPS) is 10.9. The summed E-state index contributed by atoms with van der Waals surface area (Å²) < 4.78 is 3.62. The Kier molecular flexibility index (Phi) is 4.10. The second-order valence-electron chi connectivity index (χ2n) is 5.79. The van der Waals surface area contributed by atoms with E-state index in [2.05, 4.69) is 42.1 Å². The highest BCUT2D eigenvalue weighted by Gasteiger charge is 2.10. The average molecular weight is 308 g/mol. The van der Waals surface area contributed by atoms with Crippen molar-refractivity contribution in [2.75, 3.05) is 0 Å². The van der Waals surface area contributed by atoms with Gasteiger partial charge in [0.1, 0.15) is 12.2 Å². The van der Waals surface area contributed by atoms with E-state index in [0.717, 1.165) is 22.8 Å². The average Bonchev–Trinajstić information content (AvgIpc) is 2.95. The summed E-state index contributed by atoms with van der Waals surface area (Å²) in [5.41, 5.74) is 4.38. The van der Waals surface area contributed by atoms with Crippen molar-refractivity contribution in [3.63, 3.8) is 0 Å². The number of pyridine rings is 1. The zero-order chi connectivity index (χ0) is 16.4. The Hall–Kier alpha value is -2.69. The summed E-state index contributed by atoms with van der Waals surface area (Å²) in [4.78, 5) is 16.3. The Morgan fingerprint density at radius 1 is 1.09 bits per heavy atom. The van der Waals surface area contributed by atoms with E-state index in [0.29, 0.717) is 13.0 Å². The van der Waals surface area contributed by atoms with Crippen LogP contribution in [-0.2, 0) is 13.0 Å². The molecule has 0 aliphatic heterocycles. The van der Waals surface area contributed by atoms with Crippen LogP contribution in [0, 0.1) is 20.8 Å². The van der Waals surface area contributed by atoms with Crippen molar-refractivity contribution < 1.29 is 0 Å². The van der Waals surface area contributed by atoms with Gasteiger partial charge in [-0.1, -0.05) is 23.8 Å². The molecule has 0 atom stereocenters. The second-order valence-corrected chi connectivity index (χ2v) is 5.79. The maximum atomic E-state index is 12.0. The second kappa shape index (κ2) is 6.20. The van der Waals surface area contributed by atoms with Crippen molar-refractivity contribution in [2.24, 2.45) is 0 Å². The standard InChI is InChI=1S/C18H20N4O/c1-13-7-8-16(14(2)11-13)22-17(19-12-20-22)9-10-21-15(3)5-4-6-18(21)23/h4-8,11-12H,9-10H2,1-3H3. The zero-order valence-electron chi connectivity index (χ0n) is 13.7. The van der Waals surface area contributed by atoms with E-state index in [-0.39, 0.29) is 5.56 Å². The molecule has 23 heavy (non-hydrogen) atoms. The third kappa shape index (κ3) is 3.08. The van der Waals surface area contributed by atoms with Crippen LogP contribution in [0.2, 0.25) is 0 Å². The smallest absolute Gasteiger partial charge is 0.250 e. The fourth-order valence-electron chi connectivity index (χ4n) is 2.80. The van der Waals surface area contributed by atoms with E-state index in [9.17, 15) is 4.79 Å². The van der Waals surface area contributed by atoms with Gasteiger partial charge in [-0.25, -0.2) is 9.67 Å². The lowest BCUT2D eigenvalue weighted by Crippen LogP contribution is -2.22. The van der Waals surface area contributed by atoms with Crippen LogP contribution < -0.4 is 5.56 Å². The van der Waals surface area contributed by atoms with E-state index in [1.165, 1.54) is 5.56 Å². The van der Waals surface area contributed by atoms with Crippen molar-refractivity contribution in [1.82, 2.24) is 19.3 Å². The molecule has 0 radical (unpaired) electrons. The lowest BCUT2D eigenvalue weighted by molar-refractivity contribution is 0.618. The van der Waals surface area contributed by atoms with Crippen LogP contribution in [-0.4, -0.2) is 19.3 Å². The van der Waals surface area contributed by atoms with Crippen LogP contribution in [0.25, 0.3) is 5.69 Å². The summed E-state index contributed by atoms with van der Waals surface area (Å²) in [6.45, 7) is 6.68. The van der Waals surface area contributed by atoms with Gasteiger partial charge in [0.2, 0.25) is 0 Å². The minimum Gasteiger partial charge on any atom is -0.312 e. The molecular weight excluding hydrogens is 288 g/mol. The maximum absolute atomic E-state index is 12.0. The predicted molar refractivity (Wildman–Crippen MR) is 90.0 cm³/mol. The van der Waals surface area contributed by atoms with Crippen LogP contribution in [0.4, 0.5) is 0 Å². The Balaban J connectivity index is 1.89. The van der Waals surface area contributed by atoms with Crippen molar-refractivity contribution in [3.05, 3.63) is 75.7 Å². The van der Waals surface area contributed by atoms with Crippen molar-refractivity contribution in [2.45, 2.75) is 33.7 Å². The van der Waals surface area contributed by atoms with E-state index in [1.807, 2.05) is 17.7 Å². The molecule has 5 nitrogen and oxygen atoms in total. The molecule has 1 aromatic carbocycles. The number of hydrogen-bond donors (Lipinski definition) is 0. The van der Waals surface area contributed by atoms with Gasteiger partial charge < -0.3 is 4.57 Å². The number of hydrogen-bond acceptors (Lipinski definition) is 3. The van der Waals surface area contributed by atoms with Crippen LogP contribution in [0.15, 0.2) is 47.5 Å². The molecule has 0 saturated carbocycles. The number of nitrogens with zero attached hydrogens (tertiary/aromatic N) is 4. The molecule has 0 bridgehead atoms. The van der Waals surface area contributed by atoms with Gasteiger partial charge in [-0.05, 0) is 38.5 Å². The lowest BCUT2D eigenvalue weighted by Gasteiger charge is -2.12. The Labute approximate surface area is 135 Å². The summed E-state index contributed by atoms with van der Waals surface area (Å²) in [6, 6.07) is 11.6. The van der Waals surface area contributed by atoms with E-state index < -0.39 is 0 Å². The van der Waals surface area contributed by atoms with Crippen LogP contribution in [0.5, 0.6) is 0 Å². The highest BCUT2D eigenvalue weighted by atomic mass is 16.1. The first-order valence-electron chi connectivity index (χ1n) is 7.69. The molecule has 0 N–H and O–H groups in total. The van der Waals surface area contributed by atoms with Gasteiger partial charge in [-0.15, -0.1) is 0 Å². The molecule has 0 aliphatic carbocycles. The summed E-state index contributed by atoms with van der Waals surface area (Å²) in [5, 5.41) is 4.35. The van der Waals surface area contributed by atoms with Gasteiger partial charge in [0.25, 0.3) is 5.56 Å². The lowest BCUT2D eigenvalue weighted by atomic mass is 10.1. The van der Waals surface area contributed by atoms with Gasteiger partial charge in [0.15, 0.2) is 0 Å². The molecule has 0 aliphatic rings. The number of rotatable bonds is 4. The SMILES string of the molecule is Cc1ccc(-n2ncnc2CCn2c(C)cccc2=O)c(C)c1.